The molecule has 1 atom stereocenters. The molecule has 0 spiro atoms. The van der Waals surface area contributed by atoms with Gasteiger partial charge in [0.25, 0.3) is 0 Å². The summed E-state index contributed by atoms with van der Waals surface area (Å²) >= 11 is 3.43. The number of aromatic nitrogens is 5. The minimum Gasteiger partial charge on any atom is -0.304 e. The summed E-state index contributed by atoms with van der Waals surface area (Å²) in [7, 11) is 1.87. The maximum absolute atomic E-state index is 4.47. The molecule has 1 N–H and O–H groups in total. The number of aryl methyl sites for hydroxylation is 2. The first-order valence-electron chi connectivity index (χ1n) is 5.71. The third kappa shape index (κ3) is 2.56. The van der Waals surface area contributed by atoms with Crippen LogP contribution in [0.1, 0.15) is 30.2 Å². The molecule has 0 amide bonds. The van der Waals surface area contributed by atoms with Gasteiger partial charge in [0, 0.05) is 13.2 Å². The highest BCUT2D eigenvalue weighted by molar-refractivity contribution is 9.10. The summed E-state index contributed by atoms with van der Waals surface area (Å²) in [5.74, 6) is 0.752. The van der Waals surface area contributed by atoms with E-state index in [1.807, 2.05) is 20.0 Å². The molecule has 0 aliphatic rings. The van der Waals surface area contributed by atoms with Crippen molar-refractivity contribution in [2.75, 3.05) is 6.54 Å². The summed E-state index contributed by atoms with van der Waals surface area (Å²) in [6.07, 6.45) is 1.76. The maximum atomic E-state index is 4.47. The molecule has 2 rings (SSSR count). The largest absolute Gasteiger partial charge is 0.304 e. The van der Waals surface area contributed by atoms with Gasteiger partial charge in [0.15, 0.2) is 4.60 Å². The van der Waals surface area contributed by atoms with E-state index in [2.05, 4.69) is 48.5 Å². The van der Waals surface area contributed by atoms with Crippen LogP contribution in [0.2, 0.25) is 0 Å². The minimum atomic E-state index is -0.0499. The molecule has 0 aliphatic heterocycles. The summed E-state index contributed by atoms with van der Waals surface area (Å²) in [6, 6.07) is 1.85. The predicted octanol–water partition coefficient (Wildman–Crippen LogP) is 1.37. The fourth-order valence-corrected chi connectivity index (χ4v) is 2.38. The van der Waals surface area contributed by atoms with Crippen molar-refractivity contribution in [3.63, 3.8) is 0 Å². The predicted molar refractivity (Wildman–Crippen MR) is 71.0 cm³/mol. The molecule has 18 heavy (non-hydrogen) atoms. The average molecular weight is 311 g/mol. The lowest BCUT2D eigenvalue weighted by Gasteiger charge is -2.17. The van der Waals surface area contributed by atoms with Gasteiger partial charge in [-0.05, 0) is 35.5 Å². The molecule has 0 saturated heterocycles. The van der Waals surface area contributed by atoms with E-state index >= 15 is 0 Å². The van der Waals surface area contributed by atoms with Gasteiger partial charge in [-0.1, -0.05) is 12.1 Å². The van der Waals surface area contributed by atoms with Crippen LogP contribution in [0.4, 0.5) is 0 Å². The average Bonchev–Trinajstić information content (AvgIpc) is 2.67. The molecule has 1 unspecified atom stereocenters. The number of hydrogen-bond donors (Lipinski definition) is 1. The lowest BCUT2D eigenvalue weighted by Crippen LogP contribution is -2.25. The number of halogens is 1. The van der Waals surface area contributed by atoms with Crippen LogP contribution in [0.3, 0.4) is 0 Å². The van der Waals surface area contributed by atoms with E-state index in [1.54, 1.807) is 10.9 Å². The molecular weight excluding hydrogens is 296 g/mol. The molecule has 7 heteroatoms. The zero-order chi connectivity index (χ0) is 13.1. The van der Waals surface area contributed by atoms with Crippen LogP contribution in [0.25, 0.3) is 0 Å². The smallest absolute Gasteiger partial charge is 0.153 e. The summed E-state index contributed by atoms with van der Waals surface area (Å²) in [5, 5.41) is 11.4. The van der Waals surface area contributed by atoms with Gasteiger partial charge in [0.1, 0.15) is 5.82 Å². The molecule has 0 fully saturated rings. The Morgan fingerprint density at radius 3 is 2.83 bits per heavy atom. The molecule has 2 heterocycles. The van der Waals surface area contributed by atoms with Crippen molar-refractivity contribution >= 4 is 15.9 Å². The van der Waals surface area contributed by atoms with E-state index in [4.69, 9.17) is 0 Å². The van der Waals surface area contributed by atoms with E-state index < -0.39 is 0 Å². The fourth-order valence-electron chi connectivity index (χ4n) is 1.83. The Balaban J connectivity index is 2.46. The standard InChI is InChI=1S/C11H15BrN6/c1-4-13-9(8-5-6-14-7(2)15-8)10-11(12)16-17-18(10)3/h5-6,9,13H,4H2,1-3H3. The van der Waals surface area contributed by atoms with E-state index in [1.165, 1.54) is 0 Å². The summed E-state index contributed by atoms with van der Waals surface area (Å²) < 4.78 is 2.47. The van der Waals surface area contributed by atoms with Crippen molar-refractivity contribution in [2.45, 2.75) is 19.9 Å². The minimum absolute atomic E-state index is 0.0499. The second-order valence-corrected chi connectivity index (χ2v) is 4.66. The number of hydrogen-bond acceptors (Lipinski definition) is 5. The third-order valence-corrected chi connectivity index (χ3v) is 3.17. The Morgan fingerprint density at radius 2 is 2.28 bits per heavy atom. The molecule has 2 aromatic heterocycles. The van der Waals surface area contributed by atoms with Crippen LogP contribution in [0.15, 0.2) is 16.9 Å². The highest BCUT2D eigenvalue weighted by Crippen LogP contribution is 2.25. The summed E-state index contributed by atoms with van der Waals surface area (Å²) in [6.45, 7) is 4.76. The van der Waals surface area contributed by atoms with E-state index in [9.17, 15) is 0 Å². The monoisotopic (exact) mass is 310 g/mol. The lowest BCUT2D eigenvalue weighted by atomic mass is 10.1. The van der Waals surface area contributed by atoms with Crippen LogP contribution in [0, 0.1) is 6.92 Å². The van der Waals surface area contributed by atoms with Gasteiger partial charge in [-0.25, -0.2) is 14.6 Å². The van der Waals surface area contributed by atoms with Gasteiger partial charge in [-0.2, -0.15) is 0 Å². The first-order chi connectivity index (χ1) is 8.63. The Bertz CT molecular complexity index is 519. The lowest BCUT2D eigenvalue weighted by molar-refractivity contribution is 0.554. The Labute approximate surface area is 114 Å². The molecule has 0 radical (unpaired) electrons. The second-order valence-electron chi connectivity index (χ2n) is 3.91. The molecule has 96 valence electrons. The van der Waals surface area contributed by atoms with Crippen molar-refractivity contribution in [3.05, 3.63) is 34.1 Å². The van der Waals surface area contributed by atoms with Gasteiger partial charge in [-0.15, -0.1) is 5.10 Å². The highest BCUT2D eigenvalue weighted by atomic mass is 79.9. The van der Waals surface area contributed by atoms with Gasteiger partial charge < -0.3 is 5.32 Å². The first-order valence-corrected chi connectivity index (χ1v) is 6.50. The topological polar surface area (TPSA) is 68.5 Å². The molecule has 6 nitrogen and oxygen atoms in total. The number of rotatable bonds is 4. The van der Waals surface area contributed by atoms with Crippen LogP contribution in [-0.4, -0.2) is 31.5 Å². The molecule has 0 saturated carbocycles. The van der Waals surface area contributed by atoms with E-state index in [0.717, 1.165) is 28.4 Å². The number of nitrogens with zero attached hydrogens (tertiary/aromatic N) is 5. The van der Waals surface area contributed by atoms with Crippen molar-refractivity contribution < 1.29 is 0 Å². The Hall–Kier alpha value is -1.34. The highest BCUT2D eigenvalue weighted by Gasteiger charge is 2.22. The zero-order valence-corrected chi connectivity index (χ0v) is 12.1. The van der Waals surface area contributed by atoms with Crippen LogP contribution >= 0.6 is 15.9 Å². The van der Waals surface area contributed by atoms with Crippen molar-refractivity contribution in [1.29, 1.82) is 0 Å². The second kappa shape index (κ2) is 5.53. The quantitative estimate of drug-likeness (QED) is 0.924. The Morgan fingerprint density at radius 1 is 1.50 bits per heavy atom. The van der Waals surface area contributed by atoms with Crippen molar-refractivity contribution in [3.8, 4) is 0 Å². The van der Waals surface area contributed by atoms with Crippen molar-refractivity contribution in [2.24, 2.45) is 7.05 Å². The maximum Gasteiger partial charge on any atom is 0.153 e. The van der Waals surface area contributed by atoms with Crippen LogP contribution in [0.5, 0.6) is 0 Å². The fraction of sp³-hybridized carbons (Fsp3) is 0.455. The molecule has 0 aliphatic carbocycles. The normalized spacial score (nSPS) is 12.7. The van der Waals surface area contributed by atoms with Gasteiger partial charge in [0.2, 0.25) is 0 Å². The summed E-state index contributed by atoms with van der Waals surface area (Å²) in [4.78, 5) is 8.59. The van der Waals surface area contributed by atoms with Gasteiger partial charge in [-0.3, -0.25) is 0 Å². The molecule has 0 aromatic carbocycles. The van der Waals surface area contributed by atoms with E-state index in [0.29, 0.717) is 0 Å². The van der Waals surface area contributed by atoms with Gasteiger partial charge in [0.05, 0.1) is 17.4 Å². The summed E-state index contributed by atoms with van der Waals surface area (Å²) in [5.41, 5.74) is 1.87. The first kappa shape index (κ1) is 13.1. The molecule has 2 aromatic rings. The SMILES string of the molecule is CCNC(c1ccnc(C)n1)c1c(Br)nnn1C. The van der Waals surface area contributed by atoms with E-state index in [-0.39, 0.29) is 6.04 Å². The number of nitrogens with one attached hydrogen (secondary N) is 1. The van der Waals surface area contributed by atoms with Crippen LogP contribution in [-0.2, 0) is 7.05 Å². The molecular formula is C11H15BrN6. The van der Waals surface area contributed by atoms with Crippen molar-refractivity contribution in [1.82, 2.24) is 30.3 Å². The third-order valence-electron chi connectivity index (χ3n) is 2.60. The van der Waals surface area contributed by atoms with Gasteiger partial charge >= 0.3 is 0 Å². The Kier molecular flexibility index (Phi) is 4.03. The molecule has 0 bridgehead atoms. The van der Waals surface area contributed by atoms with Crippen LogP contribution < -0.4 is 5.32 Å². The zero-order valence-electron chi connectivity index (χ0n) is 10.6.